The molecule has 1 fully saturated rings. The van der Waals surface area contributed by atoms with Gasteiger partial charge in [0.15, 0.2) is 0 Å². The molecule has 2 N–H and O–H groups in total. The number of primary amides is 1. The van der Waals surface area contributed by atoms with Gasteiger partial charge in [-0.05, 0) is 56.4 Å². The van der Waals surface area contributed by atoms with Crippen LogP contribution in [0, 0.1) is 13.8 Å². The van der Waals surface area contributed by atoms with E-state index in [9.17, 15) is 18.4 Å². The van der Waals surface area contributed by atoms with E-state index in [0.29, 0.717) is 23.2 Å². The highest BCUT2D eigenvalue weighted by Crippen LogP contribution is 2.28. The second-order valence-electron chi connectivity index (χ2n) is 6.14. The fourth-order valence-corrected chi connectivity index (χ4v) is 3.23. The van der Waals surface area contributed by atoms with Crippen molar-refractivity contribution in [2.75, 3.05) is 6.54 Å². The molecule has 0 unspecified atom stereocenters. The number of halogens is 2. The lowest BCUT2D eigenvalue weighted by Gasteiger charge is -2.35. The number of nitrogens with two attached hydrogens (primary N) is 1. The summed E-state index contributed by atoms with van der Waals surface area (Å²) in [6.45, 7) is 0.896. The van der Waals surface area contributed by atoms with E-state index in [2.05, 4.69) is 4.74 Å². The molecule has 1 heterocycles. The van der Waals surface area contributed by atoms with Crippen molar-refractivity contribution in [3.05, 3.63) is 28.8 Å². The van der Waals surface area contributed by atoms with Crippen LogP contribution in [0.1, 0.15) is 47.2 Å². The smallest absolute Gasteiger partial charge is 0.387 e. The third-order valence-electron chi connectivity index (χ3n) is 4.24. The number of aryl methyl sites for hydroxylation is 2. The molecule has 7 heteroatoms. The molecule has 0 spiro atoms. The van der Waals surface area contributed by atoms with Crippen LogP contribution in [-0.4, -0.2) is 35.9 Å². The van der Waals surface area contributed by atoms with E-state index in [0.717, 1.165) is 19.3 Å². The van der Waals surface area contributed by atoms with Gasteiger partial charge in [0.2, 0.25) is 5.91 Å². The molecule has 2 rings (SSSR count). The fourth-order valence-electron chi connectivity index (χ4n) is 3.23. The molecule has 1 aromatic carbocycles. The van der Waals surface area contributed by atoms with Crippen LogP contribution in [0.2, 0.25) is 0 Å². The van der Waals surface area contributed by atoms with Crippen molar-refractivity contribution in [1.29, 1.82) is 0 Å². The summed E-state index contributed by atoms with van der Waals surface area (Å²) in [7, 11) is 0. The number of hydrogen-bond donors (Lipinski definition) is 1. The van der Waals surface area contributed by atoms with E-state index < -0.39 is 12.5 Å². The molecule has 0 aliphatic carbocycles. The number of carbonyl (C=O) groups excluding carboxylic acids is 2. The number of ether oxygens (including phenoxy) is 1. The number of hydrogen-bond acceptors (Lipinski definition) is 3. The van der Waals surface area contributed by atoms with Crippen molar-refractivity contribution in [2.45, 2.75) is 52.2 Å². The first-order valence-corrected chi connectivity index (χ1v) is 7.95. The quantitative estimate of drug-likeness (QED) is 0.896. The first-order chi connectivity index (χ1) is 11.3. The largest absolute Gasteiger partial charge is 0.434 e. The summed E-state index contributed by atoms with van der Waals surface area (Å²) in [5.41, 5.74) is 6.63. The average Bonchev–Trinajstić information content (AvgIpc) is 2.49. The van der Waals surface area contributed by atoms with Gasteiger partial charge in [-0.15, -0.1) is 0 Å². The number of likely N-dealkylation sites (tertiary alicyclic amines) is 1. The standard InChI is InChI=1S/C17H22F2N2O3/c1-10-7-12(8-11(2)15(10)24-17(18)19)16(23)21-6-4-3-5-13(21)9-14(20)22/h7-8,13,17H,3-6,9H2,1-2H3,(H2,20,22)/t13-/m0/s1. The van der Waals surface area contributed by atoms with Crippen molar-refractivity contribution in [3.63, 3.8) is 0 Å². The molecule has 1 aliphatic heterocycles. The van der Waals surface area contributed by atoms with Crippen LogP contribution in [0.3, 0.4) is 0 Å². The highest BCUT2D eigenvalue weighted by atomic mass is 19.3. The van der Waals surface area contributed by atoms with Crippen LogP contribution >= 0.6 is 0 Å². The van der Waals surface area contributed by atoms with Crippen molar-refractivity contribution >= 4 is 11.8 Å². The molecule has 24 heavy (non-hydrogen) atoms. The molecule has 1 atom stereocenters. The predicted octanol–water partition coefficient (Wildman–Crippen LogP) is 2.77. The highest BCUT2D eigenvalue weighted by Gasteiger charge is 2.29. The van der Waals surface area contributed by atoms with Gasteiger partial charge in [0.1, 0.15) is 5.75 Å². The van der Waals surface area contributed by atoms with Gasteiger partial charge in [-0.2, -0.15) is 8.78 Å². The molecule has 0 radical (unpaired) electrons. The van der Waals surface area contributed by atoms with E-state index >= 15 is 0 Å². The van der Waals surface area contributed by atoms with Crippen molar-refractivity contribution in [2.24, 2.45) is 5.73 Å². The summed E-state index contributed by atoms with van der Waals surface area (Å²) in [5.74, 6) is -0.558. The molecule has 1 aliphatic rings. The first kappa shape index (κ1) is 18.2. The molecule has 5 nitrogen and oxygen atoms in total. The van der Waals surface area contributed by atoms with Crippen LogP contribution < -0.4 is 10.5 Å². The van der Waals surface area contributed by atoms with Crippen LogP contribution in [0.25, 0.3) is 0 Å². The van der Waals surface area contributed by atoms with Gasteiger partial charge in [0, 0.05) is 24.6 Å². The first-order valence-electron chi connectivity index (χ1n) is 7.95. The molecular formula is C17H22F2N2O3. The molecule has 2 amide bonds. The number of amides is 2. The van der Waals surface area contributed by atoms with E-state index in [1.165, 1.54) is 0 Å². The summed E-state index contributed by atoms with van der Waals surface area (Å²) < 4.78 is 29.4. The molecular weight excluding hydrogens is 318 g/mol. The second-order valence-corrected chi connectivity index (χ2v) is 6.14. The minimum atomic E-state index is -2.91. The highest BCUT2D eigenvalue weighted by molar-refractivity contribution is 5.95. The van der Waals surface area contributed by atoms with Crippen LogP contribution in [-0.2, 0) is 4.79 Å². The third kappa shape index (κ3) is 4.21. The molecule has 1 aromatic rings. The van der Waals surface area contributed by atoms with Crippen molar-refractivity contribution < 1.29 is 23.1 Å². The van der Waals surface area contributed by atoms with Gasteiger partial charge >= 0.3 is 6.61 Å². The number of benzene rings is 1. The Labute approximate surface area is 139 Å². The summed E-state index contributed by atoms with van der Waals surface area (Å²) in [6, 6.07) is 2.88. The maximum atomic E-state index is 12.8. The number of alkyl halides is 2. The molecule has 1 saturated heterocycles. The van der Waals surface area contributed by atoms with Gasteiger partial charge in [-0.1, -0.05) is 0 Å². The Morgan fingerprint density at radius 3 is 2.46 bits per heavy atom. The van der Waals surface area contributed by atoms with Crippen LogP contribution in [0.15, 0.2) is 12.1 Å². The number of piperidine rings is 1. The Bertz CT molecular complexity index is 611. The van der Waals surface area contributed by atoms with Crippen LogP contribution in [0.4, 0.5) is 8.78 Å². The van der Waals surface area contributed by atoms with Crippen molar-refractivity contribution in [3.8, 4) is 5.75 Å². The normalized spacial score (nSPS) is 17.9. The Kier molecular flexibility index (Phi) is 5.75. The lowest BCUT2D eigenvalue weighted by atomic mass is 9.97. The van der Waals surface area contributed by atoms with Crippen molar-refractivity contribution in [1.82, 2.24) is 4.90 Å². The Balaban J connectivity index is 2.26. The molecule has 0 aromatic heterocycles. The Morgan fingerprint density at radius 1 is 1.29 bits per heavy atom. The maximum absolute atomic E-state index is 12.8. The zero-order valence-corrected chi connectivity index (χ0v) is 13.9. The zero-order valence-electron chi connectivity index (χ0n) is 13.9. The summed E-state index contributed by atoms with van der Waals surface area (Å²) in [5, 5.41) is 0. The topological polar surface area (TPSA) is 72.6 Å². The minimum absolute atomic E-state index is 0.0916. The number of nitrogens with zero attached hydrogens (tertiary/aromatic N) is 1. The van der Waals surface area contributed by atoms with E-state index in [1.54, 1.807) is 30.9 Å². The summed E-state index contributed by atoms with van der Waals surface area (Å²) >= 11 is 0. The van der Waals surface area contributed by atoms with Gasteiger partial charge in [0.25, 0.3) is 5.91 Å². The fraction of sp³-hybridized carbons (Fsp3) is 0.529. The minimum Gasteiger partial charge on any atom is -0.434 e. The number of carbonyl (C=O) groups is 2. The van der Waals surface area contributed by atoms with Gasteiger partial charge in [-0.25, -0.2) is 0 Å². The lowest BCUT2D eigenvalue weighted by Crippen LogP contribution is -2.45. The van der Waals surface area contributed by atoms with E-state index in [-0.39, 0.29) is 24.1 Å². The second kappa shape index (κ2) is 7.59. The third-order valence-corrected chi connectivity index (χ3v) is 4.24. The Morgan fingerprint density at radius 2 is 1.92 bits per heavy atom. The number of rotatable bonds is 5. The van der Waals surface area contributed by atoms with Gasteiger partial charge in [-0.3, -0.25) is 9.59 Å². The maximum Gasteiger partial charge on any atom is 0.387 e. The van der Waals surface area contributed by atoms with Crippen LogP contribution in [0.5, 0.6) is 5.75 Å². The summed E-state index contributed by atoms with van der Waals surface area (Å²) in [6.07, 6.45) is 2.68. The zero-order chi connectivity index (χ0) is 17.9. The SMILES string of the molecule is Cc1cc(C(=O)N2CCCC[C@H]2CC(N)=O)cc(C)c1OC(F)F. The average molecular weight is 340 g/mol. The monoisotopic (exact) mass is 340 g/mol. The molecule has 132 valence electrons. The van der Waals surface area contributed by atoms with Gasteiger partial charge in [0.05, 0.1) is 0 Å². The molecule has 0 saturated carbocycles. The van der Waals surface area contributed by atoms with Gasteiger partial charge < -0.3 is 15.4 Å². The van der Waals surface area contributed by atoms with E-state index in [1.807, 2.05) is 0 Å². The lowest BCUT2D eigenvalue weighted by molar-refractivity contribution is -0.119. The van der Waals surface area contributed by atoms with E-state index in [4.69, 9.17) is 5.73 Å². The molecule has 0 bridgehead atoms. The summed E-state index contributed by atoms with van der Waals surface area (Å²) in [4.78, 5) is 25.7. The predicted molar refractivity (Wildman–Crippen MR) is 85.0 cm³/mol. The Hall–Kier alpha value is -2.18.